The molecule has 1 amide bonds. The van der Waals surface area contributed by atoms with Gasteiger partial charge in [-0.15, -0.1) is 6.58 Å². The zero-order valence-corrected chi connectivity index (χ0v) is 10.9. The van der Waals surface area contributed by atoms with Crippen LogP contribution in [0.3, 0.4) is 0 Å². The number of hydrogen-bond acceptors (Lipinski definition) is 4. The molecule has 0 aliphatic carbocycles. The molecule has 0 aliphatic heterocycles. The molecule has 6 heteroatoms. The first kappa shape index (κ1) is 14.2. The Morgan fingerprint density at radius 2 is 2.11 bits per heavy atom. The smallest absolute Gasteiger partial charge is 0.224 e. The van der Waals surface area contributed by atoms with Crippen LogP contribution in [0.25, 0.3) is 0 Å². The number of primary amides is 1. The second-order valence-corrected chi connectivity index (χ2v) is 5.96. The molecule has 0 heterocycles. The molecule has 0 saturated carbocycles. The quantitative estimate of drug-likeness (QED) is 0.609. The van der Waals surface area contributed by atoms with Crippen molar-refractivity contribution in [2.45, 2.75) is 17.7 Å². The van der Waals surface area contributed by atoms with E-state index in [1.54, 1.807) is 19.1 Å². The van der Waals surface area contributed by atoms with E-state index in [-0.39, 0.29) is 16.3 Å². The van der Waals surface area contributed by atoms with E-state index < -0.39 is 21.7 Å². The predicted octanol–water partition coefficient (Wildman–Crippen LogP) is 0.817. The average Bonchev–Trinajstić information content (AvgIpc) is 2.27. The number of nitrogens with two attached hydrogens (primary N) is 2. The molecule has 98 valence electrons. The molecule has 0 fully saturated rings. The minimum absolute atomic E-state index is 0.00741. The van der Waals surface area contributed by atoms with Crippen molar-refractivity contribution in [3.8, 4) is 0 Å². The van der Waals surface area contributed by atoms with Crippen LogP contribution >= 0.6 is 0 Å². The normalized spacial score (nSPS) is 12.9. The fourth-order valence-corrected chi connectivity index (χ4v) is 2.84. The van der Waals surface area contributed by atoms with Crippen molar-refractivity contribution in [1.29, 1.82) is 0 Å². The van der Waals surface area contributed by atoms with Crippen molar-refractivity contribution < 1.29 is 13.2 Å². The van der Waals surface area contributed by atoms with E-state index in [9.17, 15) is 13.2 Å². The van der Waals surface area contributed by atoms with Crippen molar-refractivity contribution in [1.82, 2.24) is 0 Å². The number of amides is 1. The number of rotatable bonds is 5. The highest BCUT2D eigenvalue weighted by Gasteiger charge is 2.22. The lowest BCUT2D eigenvalue weighted by atomic mass is 9.99. The van der Waals surface area contributed by atoms with Crippen LogP contribution in [-0.2, 0) is 14.6 Å². The van der Waals surface area contributed by atoms with Gasteiger partial charge in [0.1, 0.15) is 0 Å². The highest BCUT2D eigenvalue weighted by Crippen LogP contribution is 2.28. The van der Waals surface area contributed by atoms with Gasteiger partial charge in [0.25, 0.3) is 0 Å². The van der Waals surface area contributed by atoms with Crippen LogP contribution in [-0.4, -0.2) is 20.1 Å². The van der Waals surface area contributed by atoms with Gasteiger partial charge in [-0.3, -0.25) is 4.79 Å². The summed E-state index contributed by atoms with van der Waals surface area (Å²) in [5.41, 5.74) is 11.5. The highest BCUT2D eigenvalue weighted by atomic mass is 32.2. The number of carbonyl (C=O) groups is 1. The van der Waals surface area contributed by atoms with Gasteiger partial charge in [0.2, 0.25) is 5.91 Å². The third kappa shape index (κ3) is 2.70. The van der Waals surface area contributed by atoms with Crippen molar-refractivity contribution in [2.75, 3.05) is 11.5 Å². The second kappa shape index (κ2) is 5.22. The van der Waals surface area contributed by atoms with Crippen LogP contribution in [0.4, 0.5) is 5.69 Å². The lowest BCUT2D eigenvalue weighted by Crippen LogP contribution is -2.20. The number of para-hydroxylation sites is 1. The molecule has 1 aromatic rings. The highest BCUT2D eigenvalue weighted by molar-refractivity contribution is 7.91. The predicted molar refractivity (Wildman–Crippen MR) is 70.7 cm³/mol. The molecule has 1 atom stereocenters. The number of carbonyl (C=O) groups excluding carboxylic acids is 1. The Labute approximate surface area is 106 Å². The maximum Gasteiger partial charge on any atom is 0.224 e. The molecule has 0 saturated heterocycles. The zero-order valence-electron chi connectivity index (χ0n) is 10.1. The van der Waals surface area contributed by atoms with E-state index in [4.69, 9.17) is 11.5 Å². The van der Waals surface area contributed by atoms with Gasteiger partial charge in [-0.25, -0.2) is 8.42 Å². The molecule has 0 unspecified atom stereocenters. The van der Waals surface area contributed by atoms with Crippen molar-refractivity contribution in [2.24, 2.45) is 5.73 Å². The van der Waals surface area contributed by atoms with Crippen LogP contribution in [0, 0.1) is 0 Å². The molecule has 0 spiro atoms. The minimum atomic E-state index is -3.52. The van der Waals surface area contributed by atoms with E-state index in [1.165, 1.54) is 12.1 Å². The maximum atomic E-state index is 11.9. The summed E-state index contributed by atoms with van der Waals surface area (Å²) in [6.07, 6.45) is 1.29. The van der Waals surface area contributed by atoms with E-state index in [2.05, 4.69) is 6.58 Å². The third-order valence-corrected chi connectivity index (χ3v) is 4.37. The standard InChI is InChI=1S/C12H16N2O3S/c1-3-7-18(16,17)10-6-4-5-9(11(10)13)8(2)12(14)15/h3-6,8H,1,7,13H2,2H3,(H2,14,15)/t8-/m1/s1. The molecule has 1 aromatic carbocycles. The van der Waals surface area contributed by atoms with E-state index in [1.807, 2.05) is 0 Å². The molecule has 5 nitrogen and oxygen atoms in total. The van der Waals surface area contributed by atoms with Gasteiger partial charge in [-0.05, 0) is 18.6 Å². The largest absolute Gasteiger partial charge is 0.397 e. The molecular formula is C12H16N2O3S. The summed E-state index contributed by atoms with van der Waals surface area (Å²) in [4.78, 5) is 11.1. The molecular weight excluding hydrogens is 252 g/mol. The first-order valence-electron chi connectivity index (χ1n) is 5.32. The van der Waals surface area contributed by atoms with Gasteiger partial charge >= 0.3 is 0 Å². The SMILES string of the molecule is C=CCS(=O)(=O)c1cccc([C@@H](C)C(N)=O)c1N. The van der Waals surface area contributed by atoms with Crippen molar-refractivity contribution >= 4 is 21.4 Å². The lowest BCUT2D eigenvalue weighted by molar-refractivity contribution is -0.119. The molecule has 0 bridgehead atoms. The van der Waals surface area contributed by atoms with E-state index in [0.717, 1.165) is 0 Å². The summed E-state index contributed by atoms with van der Waals surface area (Å²) < 4.78 is 23.9. The Balaban J connectivity index is 3.39. The number of hydrogen-bond donors (Lipinski definition) is 2. The van der Waals surface area contributed by atoms with Crippen LogP contribution < -0.4 is 11.5 Å². The summed E-state index contributed by atoms with van der Waals surface area (Å²) in [5, 5.41) is 0. The molecule has 0 aliphatic rings. The summed E-state index contributed by atoms with van der Waals surface area (Å²) >= 11 is 0. The molecule has 0 radical (unpaired) electrons. The zero-order chi connectivity index (χ0) is 13.9. The van der Waals surface area contributed by atoms with E-state index in [0.29, 0.717) is 5.56 Å². The monoisotopic (exact) mass is 268 g/mol. The fraction of sp³-hybridized carbons (Fsp3) is 0.250. The van der Waals surface area contributed by atoms with Crippen LogP contribution in [0.15, 0.2) is 35.7 Å². The van der Waals surface area contributed by atoms with Gasteiger partial charge in [-0.1, -0.05) is 18.2 Å². The summed E-state index contributed by atoms with van der Waals surface area (Å²) in [5.74, 6) is -1.39. The molecule has 4 N–H and O–H groups in total. The summed E-state index contributed by atoms with van der Waals surface area (Å²) in [6, 6.07) is 4.55. The number of benzene rings is 1. The van der Waals surface area contributed by atoms with Gasteiger partial charge in [0, 0.05) is 0 Å². The Bertz CT molecular complexity index is 579. The average molecular weight is 268 g/mol. The number of anilines is 1. The number of nitrogen functional groups attached to an aromatic ring is 1. The van der Waals surface area contributed by atoms with Gasteiger partial charge in [-0.2, -0.15) is 0 Å². The van der Waals surface area contributed by atoms with Crippen LogP contribution in [0.5, 0.6) is 0 Å². The topological polar surface area (TPSA) is 103 Å². The molecule has 18 heavy (non-hydrogen) atoms. The second-order valence-electron chi connectivity index (χ2n) is 3.95. The van der Waals surface area contributed by atoms with Gasteiger partial charge in [0.05, 0.1) is 22.3 Å². The lowest BCUT2D eigenvalue weighted by Gasteiger charge is -2.14. The fourth-order valence-electron chi connectivity index (χ4n) is 1.61. The third-order valence-electron chi connectivity index (χ3n) is 2.67. The van der Waals surface area contributed by atoms with E-state index >= 15 is 0 Å². The summed E-state index contributed by atoms with van der Waals surface area (Å²) in [6.45, 7) is 4.97. The molecule has 1 rings (SSSR count). The van der Waals surface area contributed by atoms with Crippen LogP contribution in [0.2, 0.25) is 0 Å². The summed E-state index contributed by atoms with van der Waals surface area (Å²) in [7, 11) is -3.52. The Hall–Kier alpha value is -1.82. The maximum absolute atomic E-state index is 11.9. The Morgan fingerprint density at radius 3 is 2.61 bits per heavy atom. The first-order chi connectivity index (χ1) is 8.31. The van der Waals surface area contributed by atoms with Crippen LogP contribution in [0.1, 0.15) is 18.4 Å². The number of sulfone groups is 1. The Kier molecular flexibility index (Phi) is 4.13. The Morgan fingerprint density at radius 1 is 1.50 bits per heavy atom. The minimum Gasteiger partial charge on any atom is -0.397 e. The molecule has 0 aromatic heterocycles. The first-order valence-corrected chi connectivity index (χ1v) is 6.98. The van der Waals surface area contributed by atoms with Crippen molar-refractivity contribution in [3.63, 3.8) is 0 Å². The van der Waals surface area contributed by atoms with Gasteiger partial charge in [0.15, 0.2) is 9.84 Å². The van der Waals surface area contributed by atoms with Crippen molar-refractivity contribution in [3.05, 3.63) is 36.4 Å². The van der Waals surface area contributed by atoms with Gasteiger partial charge < -0.3 is 11.5 Å².